The molecule has 0 aliphatic carbocycles. The molecule has 0 unspecified atom stereocenters. The van der Waals surface area contributed by atoms with Gasteiger partial charge in [0.1, 0.15) is 0 Å². The highest BCUT2D eigenvalue weighted by atomic mass is 16.5. The first-order valence-electron chi connectivity index (χ1n) is 7.80. The number of benzene rings is 1. The Morgan fingerprint density at radius 1 is 1.35 bits per heavy atom. The molecule has 3 rings (SSSR count). The average Bonchev–Trinajstić information content (AvgIpc) is 3.20. The summed E-state index contributed by atoms with van der Waals surface area (Å²) in [5, 5.41) is 3.91. The molecule has 6 nitrogen and oxygen atoms in total. The van der Waals surface area contributed by atoms with Crippen LogP contribution in [0.1, 0.15) is 36.0 Å². The molecule has 120 valence electrons. The summed E-state index contributed by atoms with van der Waals surface area (Å²) in [5.41, 5.74) is 2.31. The summed E-state index contributed by atoms with van der Waals surface area (Å²) in [6, 6.07) is 9.60. The number of amides is 1. The van der Waals surface area contributed by atoms with Gasteiger partial charge < -0.3 is 14.0 Å². The van der Waals surface area contributed by atoms with Crippen molar-refractivity contribution in [2.45, 2.75) is 26.3 Å². The number of unbranched alkanes of at least 4 members (excludes halogenated alkanes) is 1. The van der Waals surface area contributed by atoms with Gasteiger partial charge in [-0.3, -0.25) is 4.79 Å². The van der Waals surface area contributed by atoms with Crippen molar-refractivity contribution in [2.24, 2.45) is 0 Å². The maximum atomic E-state index is 12.3. The van der Waals surface area contributed by atoms with Crippen LogP contribution >= 0.6 is 0 Å². The van der Waals surface area contributed by atoms with Gasteiger partial charge in [0.15, 0.2) is 11.5 Å². The highest BCUT2D eigenvalue weighted by Gasteiger charge is 2.17. The molecule has 0 saturated heterocycles. The fourth-order valence-electron chi connectivity index (χ4n) is 2.48. The largest absolute Gasteiger partial charge is 0.359 e. The SMILES string of the molecule is CCCCN(C)C(=O)c1cc(Cn2cnc3ccccc32)on1. The van der Waals surface area contributed by atoms with E-state index in [0.29, 0.717) is 18.0 Å². The molecule has 0 atom stereocenters. The minimum atomic E-state index is -0.107. The second-order valence-corrected chi connectivity index (χ2v) is 5.62. The van der Waals surface area contributed by atoms with Crippen LogP contribution in [0.3, 0.4) is 0 Å². The van der Waals surface area contributed by atoms with Gasteiger partial charge in [0.25, 0.3) is 5.91 Å². The van der Waals surface area contributed by atoms with E-state index in [4.69, 9.17) is 4.52 Å². The Morgan fingerprint density at radius 2 is 2.17 bits per heavy atom. The van der Waals surface area contributed by atoms with Crippen LogP contribution in [0.25, 0.3) is 11.0 Å². The van der Waals surface area contributed by atoms with E-state index < -0.39 is 0 Å². The smallest absolute Gasteiger partial charge is 0.275 e. The molecule has 2 aromatic heterocycles. The average molecular weight is 312 g/mol. The summed E-state index contributed by atoms with van der Waals surface area (Å²) in [5.74, 6) is 0.532. The Bertz CT molecular complexity index is 806. The van der Waals surface area contributed by atoms with E-state index in [9.17, 15) is 4.79 Å². The molecule has 0 N–H and O–H groups in total. The molecule has 3 aromatic rings. The van der Waals surface area contributed by atoms with Crippen LogP contribution in [0, 0.1) is 0 Å². The Balaban J connectivity index is 1.73. The number of hydrogen-bond donors (Lipinski definition) is 0. The predicted octanol–water partition coefficient (Wildman–Crippen LogP) is 2.94. The van der Waals surface area contributed by atoms with Crippen LogP contribution in [-0.2, 0) is 6.54 Å². The normalized spacial score (nSPS) is 11.0. The molecule has 2 heterocycles. The monoisotopic (exact) mass is 312 g/mol. The molecule has 0 bridgehead atoms. The number of carbonyl (C=O) groups is 1. The molecule has 0 aliphatic heterocycles. The Morgan fingerprint density at radius 3 is 3.00 bits per heavy atom. The van der Waals surface area contributed by atoms with Crippen LogP contribution < -0.4 is 0 Å². The lowest BCUT2D eigenvalue weighted by molar-refractivity contribution is 0.0783. The van der Waals surface area contributed by atoms with Gasteiger partial charge in [0, 0.05) is 19.7 Å². The molecule has 1 amide bonds. The molecule has 0 saturated carbocycles. The number of rotatable bonds is 6. The molecule has 0 radical (unpaired) electrons. The van der Waals surface area contributed by atoms with Crippen molar-refractivity contribution in [1.29, 1.82) is 0 Å². The summed E-state index contributed by atoms with van der Waals surface area (Å²) in [6.07, 6.45) is 3.80. The first kappa shape index (κ1) is 15.3. The maximum absolute atomic E-state index is 12.3. The number of imidazole rings is 1. The third kappa shape index (κ3) is 3.26. The molecule has 0 aliphatic rings. The van der Waals surface area contributed by atoms with Crippen molar-refractivity contribution in [1.82, 2.24) is 19.6 Å². The summed E-state index contributed by atoms with van der Waals surface area (Å²) in [6.45, 7) is 3.32. The third-order valence-electron chi connectivity index (χ3n) is 3.83. The summed E-state index contributed by atoms with van der Waals surface area (Å²) < 4.78 is 7.29. The molecular weight excluding hydrogens is 292 g/mol. The molecule has 0 fully saturated rings. The van der Waals surface area contributed by atoms with Gasteiger partial charge in [0.05, 0.1) is 23.9 Å². The first-order valence-corrected chi connectivity index (χ1v) is 7.80. The van der Waals surface area contributed by atoms with Gasteiger partial charge in [-0.15, -0.1) is 0 Å². The molecule has 0 spiro atoms. The predicted molar refractivity (Wildman–Crippen MR) is 87.2 cm³/mol. The van der Waals surface area contributed by atoms with E-state index in [1.54, 1.807) is 24.3 Å². The van der Waals surface area contributed by atoms with Gasteiger partial charge in [-0.2, -0.15) is 0 Å². The number of carbonyl (C=O) groups excluding carboxylic acids is 1. The first-order chi connectivity index (χ1) is 11.2. The number of aromatic nitrogens is 3. The minimum absolute atomic E-state index is 0.107. The molecule has 1 aromatic carbocycles. The zero-order valence-electron chi connectivity index (χ0n) is 13.4. The second-order valence-electron chi connectivity index (χ2n) is 5.62. The maximum Gasteiger partial charge on any atom is 0.275 e. The van der Waals surface area contributed by atoms with Gasteiger partial charge in [-0.05, 0) is 18.6 Å². The lowest BCUT2D eigenvalue weighted by Crippen LogP contribution is -2.27. The van der Waals surface area contributed by atoms with Crippen molar-refractivity contribution in [3.05, 3.63) is 48.1 Å². The zero-order valence-corrected chi connectivity index (χ0v) is 13.4. The highest BCUT2D eigenvalue weighted by molar-refractivity contribution is 5.92. The summed E-state index contributed by atoms with van der Waals surface area (Å²) >= 11 is 0. The summed E-state index contributed by atoms with van der Waals surface area (Å²) in [7, 11) is 1.79. The lowest BCUT2D eigenvalue weighted by atomic mass is 10.3. The fourth-order valence-corrected chi connectivity index (χ4v) is 2.48. The van der Waals surface area contributed by atoms with Crippen LogP contribution in [0.2, 0.25) is 0 Å². The Labute approximate surface area is 134 Å². The number of nitrogens with zero attached hydrogens (tertiary/aromatic N) is 4. The van der Waals surface area contributed by atoms with Crippen LogP contribution in [0.15, 0.2) is 41.2 Å². The van der Waals surface area contributed by atoms with Crippen molar-refractivity contribution < 1.29 is 9.32 Å². The number of fused-ring (bicyclic) bond motifs is 1. The molecule has 6 heteroatoms. The third-order valence-corrected chi connectivity index (χ3v) is 3.83. The van der Waals surface area contributed by atoms with Crippen molar-refractivity contribution in [2.75, 3.05) is 13.6 Å². The van der Waals surface area contributed by atoms with Crippen LogP contribution in [0.5, 0.6) is 0 Å². The molecule has 23 heavy (non-hydrogen) atoms. The highest BCUT2D eigenvalue weighted by Crippen LogP contribution is 2.15. The number of hydrogen-bond acceptors (Lipinski definition) is 4. The fraction of sp³-hybridized carbons (Fsp3) is 0.353. The Hall–Kier alpha value is -2.63. The summed E-state index contributed by atoms with van der Waals surface area (Å²) in [4.78, 5) is 18.3. The van der Waals surface area contributed by atoms with Crippen LogP contribution in [0.4, 0.5) is 0 Å². The quantitative estimate of drug-likeness (QED) is 0.702. The second kappa shape index (κ2) is 6.64. The van der Waals surface area contributed by atoms with Crippen molar-refractivity contribution >= 4 is 16.9 Å². The minimum Gasteiger partial charge on any atom is -0.359 e. The molecular formula is C17H20N4O2. The van der Waals surface area contributed by atoms with Crippen molar-refractivity contribution in [3.63, 3.8) is 0 Å². The van der Waals surface area contributed by atoms with E-state index in [0.717, 1.165) is 30.4 Å². The van der Waals surface area contributed by atoms with Gasteiger partial charge in [-0.1, -0.05) is 30.6 Å². The van der Waals surface area contributed by atoms with E-state index in [1.807, 2.05) is 28.8 Å². The van der Waals surface area contributed by atoms with Gasteiger partial charge in [0.2, 0.25) is 0 Å². The Kier molecular flexibility index (Phi) is 4.41. The van der Waals surface area contributed by atoms with Crippen LogP contribution in [-0.4, -0.2) is 39.1 Å². The topological polar surface area (TPSA) is 64.2 Å². The standard InChI is InChI=1S/C17H20N4O2/c1-3-4-9-20(2)17(22)15-10-13(23-19-15)11-21-12-18-14-7-5-6-8-16(14)21/h5-8,10,12H,3-4,9,11H2,1-2H3. The van der Waals surface area contributed by atoms with E-state index in [1.165, 1.54) is 0 Å². The van der Waals surface area contributed by atoms with E-state index in [-0.39, 0.29) is 5.91 Å². The van der Waals surface area contributed by atoms with Crippen molar-refractivity contribution in [3.8, 4) is 0 Å². The van der Waals surface area contributed by atoms with E-state index >= 15 is 0 Å². The van der Waals surface area contributed by atoms with Gasteiger partial charge in [-0.25, -0.2) is 4.98 Å². The lowest BCUT2D eigenvalue weighted by Gasteiger charge is -2.14. The van der Waals surface area contributed by atoms with Gasteiger partial charge >= 0.3 is 0 Å². The van der Waals surface area contributed by atoms with E-state index in [2.05, 4.69) is 17.1 Å². The number of para-hydroxylation sites is 2. The zero-order chi connectivity index (χ0) is 16.2.